The van der Waals surface area contributed by atoms with E-state index in [2.05, 4.69) is 61.5 Å². The van der Waals surface area contributed by atoms with Gasteiger partial charge in [0, 0.05) is 31.2 Å². The third kappa shape index (κ3) is 2.60. The molecule has 4 rings (SSSR count). The quantitative estimate of drug-likeness (QED) is 0.285. The number of hydrogen-bond donors (Lipinski definition) is 0. The van der Waals surface area contributed by atoms with Gasteiger partial charge >= 0.3 is 0 Å². The maximum atomic E-state index is 8.42. The van der Waals surface area contributed by atoms with Gasteiger partial charge in [0.15, 0.2) is 5.69 Å². The van der Waals surface area contributed by atoms with Gasteiger partial charge in [0.2, 0.25) is 11.4 Å². The molecule has 140 valence electrons. The first-order valence-electron chi connectivity index (χ1n) is 9.98. The summed E-state index contributed by atoms with van der Waals surface area (Å²) >= 11 is 0. The molecule has 4 aromatic rings. The van der Waals surface area contributed by atoms with Crippen LogP contribution >= 0.6 is 0 Å². The molecule has 0 aliphatic rings. The molecule has 0 N–H and O–H groups in total. The van der Waals surface area contributed by atoms with Crippen LogP contribution in [0, 0.1) is 27.3 Å². The summed E-state index contributed by atoms with van der Waals surface area (Å²) in [5.41, 5.74) is 8.14. The second-order valence-corrected chi connectivity index (χ2v) is 7.80. The third-order valence-corrected chi connectivity index (χ3v) is 5.59. The van der Waals surface area contributed by atoms with E-state index in [0.717, 1.165) is 33.2 Å². The fourth-order valence-corrected chi connectivity index (χ4v) is 4.03. The van der Waals surface area contributed by atoms with Crippen molar-refractivity contribution in [1.82, 2.24) is 0 Å². The van der Waals surface area contributed by atoms with Gasteiger partial charge in [0.1, 0.15) is 18.2 Å². The van der Waals surface area contributed by atoms with Crippen LogP contribution in [0.1, 0.15) is 43.5 Å². The van der Waals surface area contributed by atoms with Gasteiger partial charge in [0.05, 0.1) is 12.1 Å². The molecular weight excluding hydrogens is 344 g/mol. The van der Waals surface area contributed by atoms with Crippen molar-refractivity contribution in [2.75, 3.05) is 0 Å². The molecule has 0 atom stereocenters. The Morgan fingerprint density at radius 1 is 1.04 bits per heavy atom. The normalized spacial score (nSPS) is 12.4. The maximum absolute atomic E-state index is 8.42. The predicted molar refractivity (Wildman–Crippen MR) is 115 cm³/mol. The van der Waals surface area contributed by atoms with Gasteiger partial charge in [0.25, 0.3) is 0 Å². The number of aromatic nitrogens is 1. The van der Waals surface area contributed by atoms with E-state index in [1.807, 2.05) is 12.1 Å². The van der Waals surface area contributed by atoms with Crippen LogP contribution in [-0.2, 0) is 7.05 Å². The number of hydrogen-bond acceptors (Lipinski definition) is 1. The molecular formula is C25H25N2O+. The van der Waals surface area contributed by atoms with E-state index in [1.165, 1.54) is 11.3 Å². The topological polar surface area (TPSA) is 21.4 Å². The Morgan fingerprint density at radius 2 is 1.71 bits per heavy atom. The summed E-state index contributed by atoms with van der Waals surface area (Å²) in [6, 6.07) is 12.4. The molecule has 2 aromatic heterocycles. The molecule has 0 spiro atoms. The van der Waals surface area contributed by atoms with Crippen LogP contribution in [0.3, 0.4) is 0 Å². The van der Waals surface area contributed by atoms with Crippen molar-refractivity contribution in [1.29, 1.82) is 0 Å². The summed E-state index contributed by atoms with van der Waals surface area (Å²) in [6.45, 7) is 17.6. The number of fused-ring (bicyclic) bond motifs is 3. The molecule has 2 aromatic carbocycles. The molecule has 28 heavy (non-hydrogen) atoms. The number of furan rings is 1. The lowest BCUT2D eigenvalue weighted by molar-refractivity contribution is -0.666. The second kappa shape index (κ2) is 6.49. The summed E-state index contributed by atoms with van der Waals surface area (Å²) in [5.74, 6) is -0.869. The van der Waals surface area contributed by atoms with Crippen molar-refractivity contribution in [3.05, 3.63) is 70.2 Å². The number of nitrogens with zero attached hydrogens (tertiary/aromatic N) is 2. The first kappa shape index (κ1) is 17.0. The monoisotopic (exact) mass is 370 g/mol. The molecule has 3 nitrogen and oxygen atoms in total. The van der Waals surface area contributed by atoms with Gasteiger partial charge in [-0.25, -0.2) is 4.85 Å². The Balaban J connectivity index is 2.17. The first-order chi connectivity index (χ1) is 13.6. The lowest BCUT2D eigenvalue weighted by atomic mass is 9.97. The molecule has 2 heterocycles. The van der Waals surface area contributed by atoms with Gasteiger partial charge in [-0.15, -0.1) is 0 Å². The van der Waals surface area contributed by atoms with Crippen molar-refractivity contribution in [2.24, 2.45) is 7.05 Å². The Bertz CT molecular complexity index is 1330. The summed E-state index contributed by atoms with van der Waals surface area (Å²) in [4.78, 5) is 3.76. The number of pyridine rings is 1. The van der Waals surface area contributed by atoms with Gasteiger partial charge < -0.3 is 4.42 Å². The van der Waals surface area contributed by atoms with Gasteiger partial charge in [-0.1, -0.05) is 38.1 Å². The Labute approximate surface area is 167 Å². The van der Waals surface area contributed by atoms with Crippen LogP contribution in [0.5, 0.6) is 0 Å². The van der Waals surface area contributed by atoms with Crippen LogP contribution in [0.15, 0.2) is 40.8 Å². The molecule has 0 radical (unpaired) electrons. The zero-order chi connectivity index (χ0) is 21.1. The zero-order valence-corrected chi connectivity index (χ0v) is 17.3. The van der Waals surface area contributed by atoms with Gasteiger partial charge in [-0.05, 0) is 36.4 Å². The Morgan fingerprint density at radius 3 is 2.39 bits per heavy atom. The summed E-state index contributed by atoms with van der Waals surface area (Å²) in [5, 5.41) is 1.92. The highest BCUT2D eigenvalue weighted by molar-refractivity contribution is 6.13. The van der Waals surface area contributed by atoms with E-state index in [9.17, 15) is 0 Å². The van der Waals surface area contributed by atoms with Gasteiger partial charge in [-0.2, -0.15) is 4.57 Å². The van der Waals surface area contributed by atoms with E-state index >= 15 is 0 Å². The highest BCUT2D eigenvalue weighted by Crippen LogP contribution is 2.43. The predicted octanol–water partition coefficient (Wildman–Crippen LogP) is 6.68. The molecule has 0 unspecified atom stereocenters. The molecule has 0 saturated heterocycles. The third-order valence-electron chi connectivity index (χ3n) is 5.59. The van der Waals surface area contributed by atoms with Crippen molar-refractivity contribution in [3.8, 4) is 11.3 Å². The number of aryl methyl sites for hydroxylation is 3. The molecule has 0 aliphatic carbocycles. The lowest BCUT2D eigenvalue weighted by Crippen LogP contribution is -2.35. The van der Waals surface area contributed by atoms with Gasteiger partial charge in [-0.3, -0.25) is 0 Å². The van der Waals surface area contributed by atoms with E-state index in [4.69, 9.17) is 12.4 Å². The highest BCUT2D eigenvalue weighted by atomic mass is 16.3. The SMILES string of the molecule is [2H]C(C)(C)c1ccc2c(oc3c(-c4cc(C)cc(C)[n+]4C)c(C)ccc32)c1[N+]#[C-]. The van der Waals surface area contributed by atoms with Crippen LogP contribution in [0.2, 0.25) is 0 Å². The van der Waals surface area contributed by atoms with Crippen LogP contribution in [-0.4, -0.2) is 0 Å². The molecule has 0 amide bonds. The minimum absolute atomic E-state index is 0.437. The molecule has 0 fully saturated rings. The van der Waals surface area contributed by atoms with Crippen LogP contribution in [0.4, 0.5) is 5.69 Å². The average molecular weight is 370 g/mol. The van der Waals surface area contributed by atoms with Crippen LogP contribution in [0.25, 0.3) is 38.0 Å². The number of benzene rings is 2. The highest BCUT2D eigenvalue weighted by Gasteiger charge is 2.24. The largest absolute Gasteiger partial charge is 0.466 e. The minimum atomic E-state index is -0.869. The fourth-order valence-electron chi connectivity index (χ4n) is 4.03. The second-order valence-electron chi connectivity index (χ2n) is 7.80. The van der Waals surface area contributed by atoms with Crippen molar-refractivity contribution >= 4 is 27.6 Å². The lowest BCUT2D eigenvalue weighted by Gasteiger charge is -2.08. The van der Waals surface area contributed by atoms with Crippen LogP contribution < -0.4 is 4.57 Å². The van der Waals surface area contributed by atoms with E-state index in [0.29, 0.717) is 16.8 Å². The van der Waals surface area contributed by atoms with E-state index in [-0.39, 0.29) is 0 Å². The van der Waals surface area contributed by atoms with Crippen molar-refractivity contribution in [2.45, 2.75) is 40.5 Å². The first-order valence-corrected chi connectivity index (χ1v) is 9.48. The Kier molecular flexibility index (Phi) is 3.94. The number of rotatable bonds is 2. The molecule has 0 saturated carbocycles. The zero-order valence-electron chi connectivity index (χ0n) is 18.3. The molecule has 0 bridgehead atoms. The average Bonchev–Trinajstić information content (AvgIpc) is 3.01. The van der Waals surface area contributed by atoms with E-state index < -0.39 is 5.89 Å². The maximum Gasteiger partial charge on any atom is 0.232 e. The summed E-state index contributed by atoms with van der Waals surface area (Å²) in [7, 11) is 2.07. The standard InChI is InChI=1S/C25H25N2O/c1-14(2)18-10-11-20-19-9-8-16(4)22(24(19)28-25(20)23(18)26-6)21-13-15(3)12-17(5)27(21)7/h8-14H,1-5,7H3/q+1/i14D. The smallest absolute Gasteiger partial charge is 0.232 e. The summed E-state index contributed by atoms with van der Waals surface area (Å²) < 4.78 is 17.0. The van der Waals surface area contributed by atoms with E-state index in [1.54, 1.807) is 13.8 Å². The summed E-state index contributed by atoms with van der Waals surface area (Å²) in [6.07, 6.45) is 0. The molecule has 3 heteroatoms. The molecule has 0 aliphatic heterocycles. The Hall–Kier alpha value is -3.12. The van der Waals surface area contributed by atoms with Crippen molar-refractivity contribution in [3.63, 3.8) is 0 Å². The minimum Gasteiger partial charge on any atom is -0.466 e. The fraction of sp³-hybridized carbons (Fsp3) is 0.280. The van der Waals surface area contributed by atoms with Crippen molar-refractivity contribution < 1.29 is 10.4 Å².